The largest absolute Gasteiger partial charge is 0.465 e. The first-order valence-electron chi connectivity index (χ1n) is 8.44. The number of carboxylic acid groups (broad SMARTS) is 1. The number of nitriles is 1. The van der Waals surface area contributed by atoms with Gasteiger partial charge in [-0.1, -0.05) is 24.3 Å². The molecule has 1 fully saturated rings. The van der Waals surface area contributed by atoms with E-state index in [9.17, 15) is 19.4 Å². The minimum Gasteiger partial charge on any atom is -0.465 e. The zero-order chi connectivity index (χ0) is 18.7. The van der Waals surface area contributed by atoms with Gasteiger partial charge in [-0.15, -0.1) is 0 Å². The van der Waals surface area contributed by atoms with E-state index in [0.29, 0.717) is 36.1 Å². The molecular weight excluding hydrogens is 335 g/mol. The van der Waals surface area contributed by atoms with Crippen LogP contribution >= 0.6 is 0 Å². The van der Waals surface area contributed by atoms with Crippen LogP contribution in [-0.2, 0) is 0 Å². The van der Waals surface area contributed by atoms with E-state index in [1.165, 1.54) is 17.0 Å². The van der Waals surface area contributed by atoms with E-state index in [-0.39, 0.29) is 0 Å². The van der Waals surface area contributed by atoms with Crippen LogP contribution < -0.4 is 0 Å². The SMILES string of the molecule is N#Cc1ccc(C(c2cccc(F)c2)C(O)[C@H]2CCCN2C(=O)O)cc1. The Morgan fingerprint density at radius 2 is 1.96 bits per heavy atom. The average Bonchev–Trinajstić information content (AvgIpc) is 3.13. The van der Waals surface area contributed by atoms with Gasteiger partial charge in [0.05, 0.1) is 23.8 Å². The van der Waals surface area contributed by atoms with Crippen molar-refractivity contribution in [3.8, 4) is 6.07 Å². The number of halogens is 1. The molecule has 0 bridgehead atoms. The van der Waals surface area contributed by atoms with Crippen molar-refractivity contribution in [3.63, 3.8) is 0 Å². The number of aliphatic hydroxyl groups excluding tert-OH is 1. The molecule has 2 N–H and O–H groups in total. The van der Waals surface area contributed by atoms with Crippen LogP contribution in [0.3, 0.4) is 0 Å². The summed E-state index contributed by atoms with van der Waals surface area (Å²) in [4.78, 5) is 12.7. The molecule has 0 spiro atoms. The number of benzene rings is 2. The van der Waals surface area contributed by atoms with Crippen molar-refractivity contribution in [2.45, 2.75) is 30.9 Å². The Bertz CT molecular complexity index is 832. The Balaban J connectivity index is 2.02. The molecular formula is C20H19FN2O3. The molecule has 0 aromatic heterocycles. The maximum absolute atomic E-state index is 13.8. The second kappa shape index (κ2) is 7.54. The quantitative estimate of drug-likeness (QED) is 0.882. The summed E-state index contributed by atoms with van der Waals surface area (Å²) in [6.07, 6.45) is -0.861. The summed E-state index contributed by atoms with van der Waals surface area (Å²) in [5.74, 6) is -1.02. The molecule has 2 aromatic carbocycles. The molecule has 3 atom stereocenters. The number of hydrogen-bond acceptors (Lipinski definition) is 3. The van der Waals surface area contributed by atoms with Gasteiger partial charge in [0.15, 0.2) is 0 Å². The lowest BCUT2D eigenvalue weighted by Gasteiger charge is -2.32. The predicted molar refractivity (Wildman–Crippen MR) is 93.2 cm³/mol. The Kier molecular flexibility index (Phi) is 5.19. The van der Waals surface area contributed by atoms with E-state index in [1.807, 2.05) is 6.07 Å². The van der Waals surface area contributed by atoms with E-state index >= 15 is 0 Å². The van der Waals surface area contributed by atoms with Crippen molar-refractivity contribution < 1.29 is 19.4 Å². The number of nitrogens with zero attached hydrogens (tertiary/aromatic N) is 2. The number of amides is 1. The third-order valence-electron chi connectivity index (χ3n) is 4.89. The van der Waals surface area contributed by atoms with Crippen LogP contribution in [0.2, 0.25) is 0 Å². The second-order valence-corrected chi connectivity index (χ2v) is 6.44. The van der Waals surface area contributed by atoms with Crippen molar-refractivity contribution in [2.75, 3.05) is 6.54 Å². The van der Waals surface area contributed by atoms with Crippen LogP contribution in [0.25, 0.3) is 0 Å². The molecule has 0 radical (unpaired) electrons. The highest BCUT2D eigenvalue weighted by atomic mass is 19.1. The van der Waals surface area contributed by atoms with E-state index in [4.69, 9.17) is 5.26 Å². The van der Waals surface area contributed by atoms with Crippen molar-refractivity contribution in [1.29, 1.82) is 5.26 Å². The van der Waals surface area contributed by atoms with E-state index < -0.39 is 30.0 Å². The average molecular weight is 354 g/mol. The van der Waals surface area contributed by atoms with E-state index in [1.54, 1.807) is 36.4 Å². The Hall–Kier alpha value is -2.91. The van der Waals surface area contributed by atoms with Crippen molar-refractivity contribution >= 4 is 6.09 Å². The van der Waals surface area contributed by atoms with Gasteiger partial charge in [0.1, 0.15) is 5.82 Å². The summed E-state index contributed by atoms with van der Waals surface area (Å²) in [7, 11) is 0. The Labute approximate surface area is 150 Å². The van der Waals surface area contributed by atoms with Gasteiger partial charge in [-0.3, -0.25) is 0 Å². The first-order valence-corrected chi connectivity index (χ1v) is 8.44. The topological polar surface area (TPSA) is 84.6 Å². The molecule has 2 unspecified atom stereocenters. The molecule has 6 heteroatoms. The van der Waals surface area contributed by atoms with Gasteiger partial charge in [0.2, 0.25) is 0 Å². The molecule has 134 valence electrons. The molecule has 1 amide bonds. The summed E-state index contributed by atoms with van der Waals surface area (Å²) in [6.45, 7) is 0.375. The fraction of sp³-hybridized carbons (Fsp3) is 0.300. The lowest BCUT2D eigenvalue weighted by Crippen LogP contribution is -2.44. The molecule has 0 aliphatic carbocycles. The van der Waals surface area contributed by atoms with Crippen molar-refractivity contribution in [3.05, 3.63) is 71.0 Å². The van der Waals surface area contributed by atoms with Gasteiger partial charge in [0.25, 0.3) is 0 Å². The first kappa shape index (κ1) is 17.9. The lowest BCUT2D eigenvalue weighted by atomic mass is 9.82. The van der Waals surface area contributed by atoms with Gasteiger partial charge >= 0.3 is 6.09 Å². The Morgan fingerprint density at radius 3 is 2.58 bits per heavy atom. The van der Waals surface area contributed by atoms with Gasteiger partial charge < -0.3 is 15.1 Å². The minimum atomic E-state index is -1.07. The minimum absolute atomic E-state index is 0.375. The van der Waals surface area contributed by atoms with Crippen LogP contribution in [-0.4, -0.2) is 39.9 Å². The molecule has 1 aliphatic rings. The van der Waals surface area contributed by atoms with Crippen LogP contribution in [0.1, 0.15) is 35.4 Å². The third kappa shape index (κ3) is 3.53. The Morgan fingerprint density at radius 1 is 1.23 bits per heavy atom. The number of rotatable bonds is 4. The predicted octanol–water partition coefficient (Wildman–Crippen LogP) is 3.33. The smallest absolute Gasteiger partial charge is 0.407 e. The summed E-state index contributed by atoms with van der Waals surface area (Å²) in [6, 6.07) is 14.2. The van der Waals surface area contributed by atoms with Crippen LogP contribution in [0.15, 0.2) is 48.5 Å². The first-order chi connectivity index (χ1) is 12.5. The summed E-state index contributed by atoms with van der Waals surface area (Å²) in [5, 5.41) is 29.4. The summed E-state index contributed by atoms with van der Waals surface area (Å²) in [5.41, 5.74) is 1.76. The molecule has 26 heavy (non-hydrogen) atoms. The molecule has 2 aromatic rings. The van der Waals surface area contributed by atoms with Crippen LogP contribution in [0, 0.1) is 17.1 Å². The zero-order valence-corrected chi connectivity index (χ0v) is 14.0. The fourth-order valence-corrected chi connectivity index (χ4v) is 3.66. The number of likely N-dealkylation sites (tertiary alicyclic amines) is 1. The van der Waals surface area contributed by atoms with Gasteiger partial charge in [-0.2, -0.15) is 5.26 Å². The van der Waals surface area contributed by atoms with Crippen LogP contribution in [0.5, 0.6) is 0 Å². The highest BCUT2D eigenvalue weighted by Gasteiger charge is 2.39. The number of hydrogen-bond donors (Lipinski definition) is 2. The van der Waals surface area contributed by atoms with Crippen LogP contribution in [0.4, 0.5) is 9.18 Å². The maximum Gasteiger partial charge on any atom is 0.407 e. The molecule has 1 saturated heterocycles. The van der Waals surface area contributed by atoms with Gasteiger partial charge in [0, 0.05) is 12.5 Å². The number of aliphatic hydroxyl groups is 1. The molecule has 1 aliphatic heterocycles. The standard InChI is InChI=1S/C20H19FN2O3/c21-16-4-1-3-15(11-16)18(14-8-6-13(12-22)7-9-14)19(24)17-5-2-10-23(17)20(25)26/h1,3-4,6-9,11,17-19,24H,2,5,10H2,(H,25,26)/t17-,18?,19?/m1/s1. The highest BCUT2D eigenvalue weighted by Crippen LogP contribution is 2.34. The summed E-state index contributed by atoms with van der Waals surface area (Å²) >= 11 is 0. The molecule has 3 rings (SSSR count). The molecule has 1 heterocycles. The van der Waals surface area contributed by atoms with Crippen molar-refractivity contribution in [1.82, 2.24) is 4.90 Å². The molecule has 0 saturated carbocycles. The van der Waals surface area contributed by atoms with E-state index in [2.05, 4.69) is 0 Å². The molecule has 5 nitrogen and oxygen atoms in total. The van der Waals surface area contributed by atoms with Gasteiger partial charge in [-0.25, -0.2) is 9.18 Å². The zero-order valence-electron chi connectivity index (χ0n) is 14.0. The third-order valence-corrected chi connectivity index (χ3v) is 4.89. The normalized spacial score (nSPS) is 19.0. The van der Waals surface area contributed by atoms with Gasteiger partial charge in [-0.05, 0) is 48.2 Å². The highest BCUT2D eigenvalue weighted by molar-refractivity contribution is 5.66. The monoisotopic (exact) mass is 354 g/mol. The van der Waals surface area contributed by atoms with E-state index in [0.717, 1.165) is 0 Å². The van der Waals surface area contributed by atoms with Crippen molar-refractivity contribution in [2.24, 2.45) is 0 Å². The summed E-state index contributed by atoms with van der Waals surface area (Å²) < 4.78 is 13.8. The lowest BCUT2D eigenvalue weighted by molar-refractivity contribution is 0.0582. The number of carbonyl (C=O) groups is 1. The fourth-order valence-electron chi connectivity index (χ4n) is 3.66. The maximum atomic E-state index is 13.8. The second-order valence-electron chi connectivity index (χ2n) is 6.44.